The van der Waals surface area contributed by atoms with E-state index in [0.717, 1.165) is 36.7 Å². The topological polar surface area (TPSA) is 9.23 Å². The third kappa shape index (κ3) is 5.97. The molecular weight excluding hydrogens is 268 g/mol. The van der Waals surface area contributed by atoms with E-state index >= 15 is 0 Å². The van der Waals surface area contributed by atoms with Crippen molar-refractivity contribution in [1.82, 2.24) is 0 Å². The van der Waals surface area contributed by atoms with Gasteiger partial charge in [0.25, 0.3) is 0 Å². The second-order valence-electron chi connectivity index (χ2n) is 7.82. The fraction of sp³-hybridized carbons (Fsp3) is 0.905. The van der Waals surface area contributed by atoms with Crippen LogP contribution in [0.2, 0.25) is 0 Å². The Morgan fingerprint density at radius 1 is 0.818 bits per heavy atom. The molecule has 0 aromatic carbocycles. The molecule has 0 aromatic heterocycles. The average molecular weight is 307 g/mol. The van der Waals surface area contributed by atoms with Gasteiger partial charge in [-0.15, -0.1) is 0 Å². The fourth-order valence-electron chi connectivity index (χ4n) is 4.62. The standard InChI is InChI=1S/C21H38O/c1-3-5-7-18-8-12-20(13-9-18)21-14-10-19(11-15-21)17-22-16-6-4-2/h6,16,18-21H,3-5,7-15,17H2,1-2H3/t18-,19-,20-,21-. The minimum Gasteiger partial charge on any atom is -0.501 e. The molecule has 0 radical (unpaired) electrons. The first-order chi connectivity index (χ1) is 10.8. The van der Waals surface area contributed by atoms with Crippen LogP contribution in [-0.4, -0.2) is 6.61 Å². The molecule has 22 heavy (non-hydrogen) atoms. The highest BCUT2D eigenvalue weighted by Gasteiger charge is 2.30. The molecule has 0 amide bonds. The Morgan fingerprint density at radius 3 is 1.95 bits per heavy atom. The second kappa shape index (κ2) is 10.3. The van der Waals surface area contributed by atoms with Crippen LogP contribution in [0.1, 0.15) is 90.9 Å². The van der Waals surface area contributed by atoms with Gasteiger partial charge in [0, 0.05) is 0 Å². The maximum Gasteiger partial charge on any atom is 0.0901 e. The summed E-state index contributed by atoms with van der Waals surface area (Å²) in [6.45, 7) is 5.43. The summed E-state index contributed by atoms with van der Waals surface area (Å²) < 4.78 is 5.67. The summed E-state index contributed by atoms with van der Waals surface area (Å²) >= 11 is 0. The smallest absolute Gasteiger partial charge is 0.0901 e. The fourth-order valence-corrected chi connectivity index (χ4v) is 4.62. The second-order valence-corrected chi connectivity index (χ2v) is 7.82. The minimum absolute atomic E-state index is 0.818. The Balaban J connectivity index is 1.60. The highest BCUT2D eigenvalue weighted by atomic mass is 16.5. The largest absolute Gasteiger partial charge is 0.501 e. The summed E-state index contributed by atoms with van der Waals surface area (Å²) in [4.78, 5) is 0. The van der Waals surface area contributed by atoms with Crippen molar-refractivity contribution in [3.63, 3.8) is 0 Å². The quantitative estimate of drug-likeness (QED) is 0.452. The number of ether oxygens (including phenoxy) is 1. The molecule has 1 heteroatoms. The molecule has 0 atom stereocenters. The summed E-state index contributed by atoms with van der Waals surface area (Å²) in [5.74, 6) is 3.97. The van der Waals surface area contributed by atoms with Gasteiger partial charge in [0.2, 0.25) is 0 Å². The van der Waals surface area contributed by atoms with E-state index in [2.05, 4.69) is 19.9 Å². The van der Waals surface area contributed by atoms with Gasteiger partial charge in [-0.2, -0.15) is 0 Å². The molecule has 0 N–H and O–H groups in total. The predicted octanol–water partition coefficient (Wildman–Crippen LogP) is 6.73. The van der Waals surface area contributed by atoms with Crippen molar-refractivity contribution in [2.45, 2.75) is 90.9 Å². The Labute approximate surface area is 138 Å². The van der Waals surface area contributed by atoms with Crippen LogP contribution in [0.4, 0.5) is 0 Å². The van der Waals surface area contributed by atoms with Crippen LogP contribution >= 0.6 is 0 Å². The Kier molecular flexibility index (Phi) is 8.41. The number of hydrogen-bond donors (Lipinski definition) is 0. The minimum atomic E-state index is 0.818. The lowest BCUT2D eigenvalue weighted by Gasteiger charge is -2.37. The van der Waals surface area contributed by atoms with Gasteiger partial charge in [0.15, 0.2) is 0 Å². The normalized spacial score (nSPS) is 33.2. The van der Waals surface area contributed by atoms with E-state index in [1.54, 1.807) is 0 Å². The molecule has 2 aliphatic rings. The molecule has 0 spiro atoms. The van der Waals surface area contributed by atoms with Gasteiger partial charge in [0.05, 0.1) is 12.9 Å². The van der Waals surface area contributed by atoms with Crippen LogP contribution < -0.4 is 0 Å². The van der Waals surface area contributed by atoms with Gasteiger partial charge < -0.3 is 4.74 Å². The molecule has 0 saturated heterocycles. The third-order valence-electron chi connectivity index (χ3n) is 6.18. The van der Waals surface area contributed by atoms with E-state index in [1.807, 2.05) is 6.26 Å². The first-order valence-corrected chi connectivity index (χ1v) is 10.1. The van der Waals surface area contributed by atoms with E-state index in [9.17, 15) is 0 Å². The highest BCUT2D eigenvalue weighted by Crippen LogP contribution is 2.42. The third-order valence-corrected chi connectivity index (χ3v) is 6.18. The van der Waals surface area contributed by atoms with Crippen molar-refractivity contribution in [3.8, 4) is 0 Å². The molecule has 2 rings (SSSR count). The summed E-state index contributed by atoms with van der Waals surface area (Å²) in [6, 6.07) is 0. The molecule has 2 saturated carbocycles. The Bertz CT molecular complexity index is 293. The van der Waals surface area contributed by atoms with Crippen molar-refractivity contribution >= 4 is 0 Å². The van der Waals surface area contributed by atoms with Gasteiger partial charge in [-0.05, 0) is 68.6 Å². The van der Waals surface area contributed by atoms with Gasteiger partial charge in [-0.25, -0.2) is 0 Å². The maximum absolute atomic E-state index is 5.67. The molecule has 128 valence electrons. The zero-order valence-electron chi connectivity index (χ0n) is 15.1. The van der Waals surface area contributed by atoms with Gasteiger partial charge >= 0.3 is 0 Å². The molecule has 2 aliphatic carbocycles. The van der Waals surface area contributed by atoms with Crippen molar-refractivity contribution in [1.29, 1.82) is 0 Å². The molecule has 1 nitrogen and oxygen atoms in total. The lowest BCUT2D eigenvalue weighted by atomic mass is 9.69. The first kappa shape index (κ1) is 17.9. The SMILES string of the molecule is CCC=COC[C@H]1CC[C@H]([C@H]2CC[C@H](CCCC)CC2)CC1. The van der Waals surface area contributed by atoms with Gasteiger partial charge in [-0.3, -0.25) is 0 Å². The average Bonchev–Trinajstić information content (AvgIpc) is 2.58. The van der Waals surface area contributed by atoms with Crippen LogP contribution in [0.15, 0.2) is 12.3 Å². The van der Waals surface area contributed by atoms with Crippen molar-refractivity contribution in [3.05, 3.63) is 12.3 Å². The number of unbranched alkanes of at least 4 members (excludes halogenated alkanes) is 1. The summed E-state index contributed by atoms with van der Waals surface area (Å²) in [5, 5.41) is 0. The maximum atomic E-state index is 5.67. The predicted molar refractivity (Wildman–Crippen MR) is 95.8 cm³/mol. The van der Waals surface area contributed by atoms with E-state index in [1.165, 1.54) is 70.6 Å². The summed E-state index contributed by atoms with van der Waals surface area (Å²) in [7, 11) is 0. The molecule has 0 aromatic rings. The van der Waals surface area contributed by atoms with E-state index in [-0.39, 0.29) is 0 Å². The van der Waals surface area contributed by atoms with E-state index < -0.39 is 0 Å². The lowest BCUT2D eigenvalue weighted by molar-refractivity contribution is 0.108. The van der Waals surface area contributed by atoms with Crippen LogP contribution in [0.3, 0.4) is 0 Å². The molecule has 0 unspecified atom stereocenters. The highest BCUT2D eigenvalue weighted by molar-refractivity contribution is 4.82. The summed E-state index contributed by atoms with van der Waals surface area (Å²) in [5.41, 5.74) is 0. The molecule has 2 fully saturated rings. The summed E-state index contributed by atoms with van der Waals surface area (Å²) in [6.07, 6.45) is 21.3. The van der Waals surface area contributed by atoms with E-state index in [4.69, 9.17) is 4.74 Å². The van der Waals surface area contributed by atoms with Gasteiger partial charge in [0.1, 0.15) is 0 Å². The van der Waals surface area contributed by atoms with Crippen LogP contribution in [0.5, 0.6) is 0 Å². The molecule has 0 aliphatic heterocycles. The zero-order valence-corrected chi connectivity index (χ0v) is 15.1. The van der Waals surface area contributed by atoms with Crippen molar-refractivity contribution in [2.75, 3.05) is 6.61 Å². The molecule has 0 heterocycles. The van der Waals surface area contributed by atoms with E-state index in [0.29, 0.717) is 0 Å². The Hall–Kier alpha value is -0.460. The molecular formula is C21H38O. The van der Waals surface area contributed by atoms with Crippen LogP contribution in [-0.2, 0) is 4.74 Å². The first-order valence-electron chi connectivity index (χ1n) is 10.1. The number of allylic oxidation sites excluding steroid dienone is 1. The Morgan fingerprint density at radius 2 is 1.41 bits per heavy atom. The monoisotopic (exact) mass is 306 g/mol. The van der Waals surface area contributed by atoms with Crippen LogP contribution in [0.25, 0.3) is 0 Å². The molecule has 0 bridgehead atoms. The van der Waals surface area contributed by atoms with Gasteiger partial charge in [-0.1, -0.05) is 52.0 Å². The number of hydrogen-bond acceptors (Lipinski definition) is 1. The number of rotatable bonds is 8. The van der Waals surface area contributed by atoms with Crippen molar-refractivity contribution < 1.29 is 4.74 Å². The van der Waals surface area contributed by atoms with Crippen LogP contribution in [0, 0.1) is 23.7 Å². The van der Waals surface area contributed by atoms with Crippen molar-refractivity contribution in [2.24, 2.45) is 23.7 Å². The lowest BCUT2D eigenvalue weighted by Crippen LogP contribution is -2.27. The zero-order chi connectivity index (χ0) is 15.6.